The maximum Gasteiger partial charge on any atom is 0.170 e. The smallest absolute Gasteiger partial charge is 0.170 e. The molecular formula is C14H22N2S. The first-order valence-corrected chi connectivity index (χ1v) is 6.58. The summed E-state index contributed by atoms with van der Waals surface area (Å²) in [5.74, 6) is 0. The Morgan fingerprint density at radius 2 is 2.06 bits per heavy atom. The van der Waals surface area contributed by atoms with Crippen LogP contribution in [0.2, 0.25) is 0 Å². The molecule has 0 heterocycles. The van der Waals surface area contributed by atoms with Gasteiger partial charge in [0.1, 0.15) is 0 Å². The Labute approximate surface area is 110 Å². The highest BCUT2D eigenvalue weighted by Gasteiger charge is 2.04. The zero-order chi connectivity index (χ0) is 12.8. The molecule has 0 aromatic heterocycles. The Bertz CT molecular complexity index is 388. The highest BCUT2D eigenvalue weighted by atomic mass is 32.1. The molecule has 0 saturated heterocycles. The maximum atomic E-state index is 5.31. The van der Waals surface area contributed by atoms with Gasteiger partial charge >= 0.3 is 0 Å². The third-order valence-corrected chi connectivity index (χ3v) is 2.96. The molecule has 1 unspecified atom stereocenters. The van der Waals surface area contributed by atoms with Crippen LogP contribution in [0.3, 0.4) is 0 Å². The molecule has 0 amide bonds. The van der Waals surface area contributed by atoms with Crippen LogP contribution in [-0.4, -0.2) is 11.2 Å². The fraction of sp³-hybridized carbons (Fsp3) is 0.500. The first-order valence-electron chi connectivity index (χ1n) is 6.17. The summed E-state index contributed by atoms with van der Waals surface area (Å²) in [6.45, 7) is 8.50. The Morgan fingerprint density at radius 3 is 2.71 bits per heavy atom. The number of hydrogen-bond acceptors (Lipinski definition) is 1. The van der Waals surface area contributed by atoms with E-state index in [0.717, 1.165) is 12.1 Å². The molecule has 0 bridgehead atoms. The summed E-state index contributed by atoms with van der Waals surface area (Å²) in [5, 5.41) is 7.26. The van der Waals surface area contributed by atoms with E-state index in [2.05, 4.69) is 56.5 Å². The zero-order valence-electron chi connectivity index (χ0n) is 11.1. The summed E-state index contributed by atoms with van der Waals surface area (Å²) in [4.78, 5) is 0. The van der Waals surface area contributed by atoms with Crippen molar-refractivity contribution in [2.45, 2.75) is 46.6 Å². The van der Waals surface area contributed by atoms with E-state index >= 15 is 0 Å². The quantitative estimate of drug-likeness (QED) is 0.795. The van der Waals surface area contributed by atoms with E-state index < -0.39 is 0 Å². The maximum absolute atomic E-state index is 5.31. The number of hydrogen-bond donors (Lipinski definition) is 2. The lowest BCUT2D eigenvalue weighted by molar-refractivity contribution is 0.599. The summed E-state index contributed by atoms with van der Waals surface area (Å²) in [6, 6.07) is 6.75. The van der Waals surface area contributed by atoms with E-state index in [-0.39, 0.29) is 0 Å². The predicted molar refractivity (Wildman–Crippen MR) is 79.6 cm³/mol. The summed E-state index contributed by atoms with van der Waals surface area (Å²) < 4.78 is 0. The van der Waals surface area contributed by atoms with Gasteiger partial charge in [-0.2, -0.15) is 0 Å². The second-order valence-electron chi connectivity index (χ2n) is 4.61. The van der Waals surface area contributed by atoms with Crippen molar-refractivity contribution in [3.8, 4) is 0 Å². The highest BCUT2D eigenvalue weighted by Crippen LogP contribution is 2.16. The number of rotatable bonds is 4. The van der Waals surface area contributed by atoms with Crippen molar-refractivity contribution in [3.05, 3.63) is 29.3 Å². The normalized spacial score (nSPS) is 12.0. The van der Waals surface area contributed by atoms with Crippen LogP contribution >= 0.6 is 12.2 Å². The monoisotopic (exact) mass is 250 g/mol. The minimum absolute atomic E-state index is 0.421. The molecule has 0 saturated carbocycles. The highest BCUT2D eigenvalue weighted by molar-refractivity contribution is 7.80. The molecular weight excluding hydrogens is 228 g/mol. The van der Waals surface area contributed by atoms with Gasteiger partial charge < -0.3 is 10.6 Å². The third-order valence-electron chi connectivity index (χ3n) is 2.74. The number of anilines is 1. The second kappa shape index (κ2) is 6.60. The van der Waals surface area contributed by atoms with Gasteiger partial charge in [0.15, 0.2) is 5.11 Å². The van der Waals surface area contributed by atoms with Crippen molar-refractivity contribution in [3.63, 3.8) is 0 Å². The largest absolute Gasteiger partial charge is 0.360 e. The molecule has 1 aromatic rings. The van der Waals surface area contributed by atoms with Gasteiger partial charge in [0, 0.05) is 11.7 Å². The van der Waals surface area contributed by atoms with Crippen LogP contribution in [0.25, 0.3) is 0 Å². The third kappa shape index (κ3) is 4.73. The lowest BCUT2D eigenvalue weighted by Gasteiger charge is -2.17. The van der Waals surface area contributed by atoms with E-state index in [4.69, 9.17) is 12.2 Å². The second-order valence-corrected chi connectivity index (χ2v) is 5.01. The van der Waals surface area contributed by atoms with Gasteiger partial charge in [-0.1, -0.05) is 25.5 Å². The Hall–Kier alpha value is -1.09. The Kier molecular flexibility index (Phi) is 5.42. The molecule has 0 fully saturated rings. The van der Waals surface area contributed by atoms with Crippen molar-refractivity contribution in [1.82, 2.24) is 5.32 Å². The van der Waals surface area contributed by atoms with E-state index in [0.29, 0.717) is 11.2 Å². The van der Waals surface area contributed by atoms with Crippen LogP contribution in [0, 0.1) is 13.8 Å². The molecule has 0 aliphatic carbocycles. The van der Waals surface area contributed by atoms with Gasteiger partial charge in [-0.3, -0.25) is 0 Å². The molecule has 1 atom stereocenters. The summed E-state index contributed by atoms with van der Waals surface area (Å²) >= 11 is 5.31. The predicted octanol–water partition coefficient (Wildman–Crippen LogP) is 3.78. The van der Waals surface area contributed by atoms with Crippen LogP contribution in [0.1, 0.15) is 37.8 Å². The van der Waals surface area contributed by atoms with Gasteiger partial charge in [0.2, 0.25) is 0 Å². The van der Waals surface area contributed by atoms with E-state index in [1.807, 2.05) is 0 Å². The Morgan fingerprint density at radius 1 is 1.35 bits per heavy atom. The molecule has 2 N–H and O–H groups in total. The van der Waals surface area contributed by atoms with E-state index in [1.165, 1.54) is 17.5 Å². The first kappa shape index (κ1) is 14.0. The van der Waals surface area contributed by atoms with Crippen molar-refractivity contribution in [2.75, 3.05) is 5.32 Å². The van der Waals surface area contributed by atoms with Crippen LogP contribution in [0.15, 0.2) is 18.2 Å². The van der Waals surface area contributed by atoms with Gasteiger partial charge in [0.05, 0.1) is 0 Å². The SMILES string of the molecule is CCCC(C)NC(=S)Nc1cc(C)ccc1C. The van der Waals surface area contributed by atoms with Crippen LogP contribution < -0.4 is 10.6 Å². The molecule has 1 rings (SSSR count). The fourth-order valence-corrected chi connectivity index (χ4v) is 2.07. The zero-order valence-corrected chi connectivity index (χ0v) is 11.9. The van der Waals surface area contributed by atoms with Crippen molar-refractivity contribution < 1.29 is 0 Å². The average molecular weight is 250 g/mol. The topological polar surface area (TPSA) is 24.1 Å². The first-order chi connectivity index (χ1) is 8.02. The summed E-state index contributed by atoms with van der Waals surface area (Å²) in [6.07, 6.45) is 2.30. The van der Waals surface area contributed by atoms with Crippen LogP contribution in [-0.2, 0) is 0 Å². The van der Waals surface area contributed by atoms with Gasteiger partial charge in [-0.25, -0.2) is 0 Å². The fourth-order valence-electron chi connectivity index (χ4n) is 1.76. The minimum Gasteiger partial charge on any atom is -0.360 e. The molecule has 17 heavy (non-hydrogen) atoms. The van der Waals surface area contributed by atoms with Gasteiger partial charge in [-0.05, 0) is 56.6 Å². The van der Waals surface area contributed by atoms with Crippen LogP contribution in [0.4, 0.5) is 5.69 Å². The average Bonchev–Trinajstić information content (AvgIpc) is 2.23. The lowest BCUT2D eigenvalue weighted by Crippen LogP contribution is -2.35. The Balaban J connectivity index is 2.58. The van der Waals surface area contributed by atoms with Crippen molar-refractivity contribution in [1.29, 1.82) is 0 Å². The standard InChI is InChI=1S/C14H22N2S/c1-5-6-12(4)15-14(17)16-13-9-10(2)7-8-11(13)3/h7-9,12H,5-6H2,1-4H3,(H2,15,16,17). The molecule has 1 aromatic carbocycles. The number of nitrogens with one attached hydrogen (secondary N) is 2. The van der Waals surface area contributed by atoms with Crippen LogP contribution in [0.5, 0.6) is 0 Å². The van der Waals surface area contributed by atoms with Gasteiger partial charge in [-0.15, -0.1) is 0 Å². The van der Waals surface area contributed by atoms with Crippen molar-refractivity contribution in [2.24, 2.45) is 0 Å². The molecule has 0 aliphatic heterocycles. The van der Waals surface area contributed by atoms with E-state index in [9.17, 15) is 0 Å². The van der Waals surface area contributed by atoms with Gasteiger partial charge in [0.25, 0.3) is 0 Å². The molecule has 0 radical (unpaired) electrons. The number of benzene rings is 1. The minimum atomic E-state index is 0.421. The molecule has 94 valence electrons. The van der Waals surface area contributed by atoms with Crippen molar-refractivity contribution >= 4 is 23.0 Å². The molecule has 2 nitrogen and oxygen atoms in total. The van der Waals surface area contributed by atoms with E-state index in [1.54, 1.807) is 0 Å². The number of thiocarbonyl (C=S) groups is 1. The molecule has 0 aliphatic rings. The summed E-state index contributed by atoms with van der Waals surface area (Å²) in [5.41, 5.74) is 3.54. The number of aryl methyl sites for hydroxylation is 2. The summed E-state index contributed by atoms with van der Waals surface area (Å²) in [7, 11) is 0. The molecule has 3 heteroatoms. The molecule has 0 spiro atoms. The lowest BCUT2D eigenvalue weighted by atomic mass is 10.1.